The van der Waals surface area contributed by atoms with Crippen molar-refractivity contribution in [2.45, 2.75) is 19.5 Å². The minimum Gasteiger partial charge on any atom is -0.375 e. The second-order valence-corrected chi connectivity index (χ2v) is 6.63. The van der Waals surface area contributed by atoms with E-state index in [1.807, 2.05) is 12.3 Å². The third-order valence-electron chi connectivity index (χ3n) is 1.75. The number of hydrogen-bond acceptors (Lipinski definition) is 6. The molecule has 7 heteroatoms. The van der Waals surface area contributed by atoms with Gasteiger partial charge in [-0.25, -0.2) is 13.4 Å². The van der Waals surface area contributed by atoms with Crippen LogP contribution in [0.5, 0.6) is 0 Å². The lowest BCUT2D eigenvalue weighted by Gasteiger charge is -2.10. The number of nitrogen functional groups attached to an aromatic ring is 1. The summed E-state index contributed by atoms with van der Waals surface area (Å²) in [4.78, 5) is 4.06. The zero-order valence-electron chi connectivity index (χ0n) is 8.73. The fourth-order valence-corrected chi connectivity index (χ4v) is 2.78. The minimum atomic E-state index is -2.93. The first kappa shape index (κ1) is 12.4. The van der Waals surface area contributed by atoms with Gasteiger partial charge in [-0.15, -0.1) is 11.3 Å². The SMILES string of the molecule is C[C@H](CS(C)(=O)=O)NCc1csc(N)n1. The van der Waals surface area contributed by atoms with Crippen LogP contribution in [-0.4, -0.2) is 31.5 Å². The van der Waals surface area contributed by atoms with Crippen molar-refractivity contribution in [2.24, 2.45) is 0 Å². The lowest BCUT2D eigenvalue weighted by atomic mass is 10.3. The molecule has 3 N–H and O–H groups in total. The van der Waals surface area contributed by atoms with Gasteiger partial charge >= 0.3 is 0 Å². The molecule has 0 aliphatic heterocycles. The van der Waals surface area contributed by atoms with Crippen LogP contribution in [0.15, 0.2) is 5.38 Å². The first-order valence-electron chi connectivity index (χ1n) is 4.48. The van der Waals surface area contributed by atoms with Crippen LogP contribution in [0.3, 0.4) is 0 Å². The lowest BCUT2D eigenvalue weighted by molar-refractivity contribution is 0.557. The Kier molecular flexibility index (Phi) is 4.06. The van der Waals surface area contributed by atoms with Crippen LogP contribution in [0.1, 0.15) is 12.6 Å². The van der Waals surface area contributed by atoms with Gasteiger partial charge in [0.05, 0.1) is 11.4 Å². The van der Waals surface area contributed by atoms with E-state index >= 15 is 0 Å². The third-order valence-corrected chi connectivity index (χ3v) is 3.58. The molecule has 1 atom stereocenters. The lowest BCUT2D eigenvalue weighted by Crippen LogP contribution is -2.32. The van der Waals surface area contributed by atoms with E-state index in [0.717, 1.165) is 5.69 Å². The molecule has 5 nitrogen and oxygen atoms in total. The number of nitrogens with one attached hydrogen (secondary N) is 1. The Bertz CT molecular complexity index is 413. The van der Waals surface area contributed by atoms with Crippen LogP contribution in [-0.2, 0) is 16.4 Å². The van der Waals surface area contributed by atoms with Crippen LogP contribution < -0.4 is 11.1 Å². The van der Waals surface area contributed by atoms with Crippen molar-refractivity contribution in [2.75, 3.05) is 17.7 Å². The maximum atomic E-state index is 11.0. The van der Waals surface area contributed by atoms with Gasteiger partial charge in [-0.1, -0.05) is 0 Å². The summed E-state index contributed by atoms with van der Waals surface area (Å²) in [6, 6.07) is -0.0806. The van der Waals surface area contributed by atoms with Crippen LogP contribution >= 0.6 is 11.3 Å². The molecule has 0 unspecified atom stereocenters. The highest BCUT2D eigenvalue weighted by Crippen LogP contribution is 2.10. The molecular weight excluding hydrogens is 234 g/mol. The molecule has 1 aromatic rings. The number of rotatable bonds is 5. The molecule has 1 rings (SSSR count). The van der Waals surface area contributed by atoms with Gasteiger partial charge in [-0.05, 0) is 6.92 Å². The Hall–Kier alpha value is -0.660. The van der Waals surface area contributed by atoms with E-state index in [1.54, 1.807) is 0 Å². The Labute approximate surface area is 93.6 Å². The molecule has 0 bridgehead atoms. The van der Waals surface area contributed by atoms with Crippen molar-refractivity contribution < 1.29 is 8.42 Å². The van der Waals surface area contributed by atoms with Crippen LogP contribution in [0.25, 0.3) is 0 Å². The first-order valence-corrected chi connectivity index (χ1v) is 7.42. The van der Waals surface area contributed by atoms with Gasteiger partial charge in [0.25, 0.3) is 0 Å². The average molecular weight is 249 g/mol. The van der Waals surface area contributed by atoms with Gasteiger partial charge in [-0.3, -0.25) is 0 Å². The van der Waals surface area contributed by atoms with E-state index in [9.17, 15) is 8.42 Å². The molecule has 0 spiro atoms. The first-order chi connectivity index (χ1) is 6.87. The Morgan fingerprint density at radius 3 is 2.80 bits per heavy atom. The van der Waals surface area contributed by atoms with E-state index in [4.69, 9.17) is 5.73 Å². The van der Waals surface area contributed by atoms with Gasteiger partial charge < -0.3 is 11.1 Å². The second-order valence-electron chi connectivity index (χ2n) is 3.55. The van der Waals surface area contributed by atoms with Crippen molar-refractivity contribution in [3.05, 3.63) is 11.1 Å². The Balaban J connectivity index is 2.37. The van der Waals surface area contributed by atoms with E-state index < -0.39 is 9.84 Å². The summed E-state index contributed by atoms with van der Waals surface area (Å²) in [6.45, 7) is 2.38. The highest BCUT2D eigenvalue weighted by atomic mass is 32.2. The number of sulfone groups is 1. The Morgan fingerprint density at radius 2 is 2.33 bits per heavy atom. The van der Waals surface area contributed by atoms with Crippen LogP contribution in [0.4, 0.5) is 5.13 Å². The number of anilines is 1. The highest BCUT2D eigenvalue weighted by Gasteiger charge is 2.10. The molecule has 0 aromatic carbocycles. The molecule has 0 saturated carbocycles. The molecule has 15 heavy (non-hydrogen) atoms. The van der Waals surface area contributed by atoms with Gasteiger partial charge in [0.2, 0.25) is 0 Å². The third kappa shape index (κ3) is 5.10. The van der Waals surface area contributed by atoms with Gasteiger partial charge in [-0.2, -0.15) is 0 Å². The molecule has 1 aromatic heterocycles. The maximum absolute atomic E-state index is 11.0. The summed E-state index contributed by atoms with van der Waals surface area (Å²) in [6.07, 6.45) is 1.23. The molecular formula is C8H15N3O2S2. The summed E-state index contributed by atoms with van der Waals surface area (Å²) in [5.41, 5.74) is 6.32. The van der Waals surface area contributed by atoms with Crippen LogP contribution in [0.2, 0.25) is 0 Å². The van der Waals surface area contributed by atoms with Crippen molar-refractivity contribution in [1.29, 1.82) is 0 Å². The van der Waals surface area contributed by atoms with Gasteiger partial charge in [0.15, 0.2) is 5.13 Å². The molecule has 1 heterocycles. The quantitative estimate of drug-likeness (QED) is 0.781. The van der Waals surface area contributed by atoms with E-state index in [0.29, 0.717) is 11.7 Å². The molecule has 0 amide bonds. The number of hydrogen-bond donors (Lipinski definition) is 2. The van der Waals surface area contributed by atoms with E-state index in [2.05, 4.69) is 10.3 Å². The smallest absolute Gasteiger partial charge is 0.180 e. The zero-order valence-corrected chi connectivity index (χ0v) is 10.4. The predicted octanol–water partition coefficient (Wildman–Crippen LogP) is 0.248. The van der Waals surface area contributed by atoms with E-state index in [1.165, 1.54) is 17.6 Å². The standard InChI is InChI=1S/C8H15N3O2S2/c1-6(5-15(2,12)13)10-3-7-4-14-8(9)11-7/h4,6,10H,3,5H2,1-2H3,(H2,9,11)/t6-/m1/s1. The molecule has 0 aliphatic rings. The Morgan fingerprint density at radius 1 is 1.67 bits per heavy atom. The highest BCUT2D eigenvalue weighted by molar-refractivity contribution is 7.90. The maximum Gasteiger partial charge on any atom is 0.180 e. The van der Waals surface area contributed by atoms with Crippen molar-refractivity contribution in [3.63, 3.8) is 0 Å². The largest absolute Gasteiger partial charge is 0.375 e. The van der Waals surface area contributed by atoms with Gasteiger partial charge in [0.1, 0.15) is 9.84 Å². The summed E-state index contributed by atoms with van der Waals surface area (Å²) >= 11 is 1.38. The van der Waals surface area contributed by atoms with Crippen molar-refractivity contribution in [1.82, 2.24) is 10.3 Å². The van der Waals surface area contributed by atoms with Crippen molar-refractivity contribution >= 4 is 26.3 Å². The molecule has 86 valence electrons. The van der Waals surface area contributed by atoms with Gasteiger partial charge in [0, 0.05) is 24.2 Å². The predicted molar refractivity (Wildman–Crippen MR) is 62.5 cm³/mol. The molecule has 0 fully saturated rings. The normalized spacial score (nSPS) is 14.0. The van der Waals surface area contributed by atoms with Crippen LogP contribution in [0, 0.1) is 0 Å². The second kappa shape index (κ2) is 4.91. The molecule has 0 radical (unpaired) electrons. The van der Waals surface area contributed by atoms with Crippen molar-refractivity contribution in [3.8, 4) is 0 Å². The summed E-state index contributed by atoms with van der Waals surface area (Å²) in [7, 11) is -2.93. The molecule has 0 aliphatic carbocycles. The summed E-state index contributed by atoms with van der Waals surface area (Å²) in [5, 5.41) is 5.47. The topological polar surface area (TPSA) is 85.1 Å². The molecule has 0 saturated heterocycles. The summed E-state index contributed by atoms with van der Waals surface area (Å²) < 4.78 is 22.0. The fourth-order valence-electron chi connectivity index (χ4n) is 1.20. The number of thiazole rings is 1. The summed E-state index contributed by atoms with van der Waals surface area (Å²) in [5.74, 6) is 0.132. The fraction of sp³-hybridized carbons (Fsp3) is 0.625. The number of aromatic nitrogens is 1. The zero-order chi connectivity index (χ0) is 11.5. The average Bonchev–Trinajstić information content (AvgIpc) is 2.45. The number of nitrogens with zero attached hydrogens (tertiary/aromatic N) is 1. The number of nitrogens with two attached hydrogens (primary N) is 1. The van der Waals surface area contributed by atoms with E-state index in [-0.39, 0.29) is 11.8 Å². The monoisotopic (exact) mass is 249 g/mol. The minimum absolute atomic E-state index is 0.0806.